The average molecular weight is 467 g/mol. The second kappa shape index (κ2) is 7.76. The minimum Gasteiger partial charge on any atom is -0.299 e. The molecule has 5 unspecified atom stereocenters. The number of carbonyl (C=O) groups excluding carboxylic acids is 1. The minimum atomic E-state index is 0.224. The summed E-state index contributed by atoms with van der Waals surface area (Å²) in [6, 6.07) is 10.5. The number of Topliss-reactive ketones (excluding diaryl/α,β-unsaturated/α-hetero) is 1. The normalized spacial score (nSPS) is 40.0. The van der Waals surface area contributed by atoms with Crippen molar-refractivity contribution in [3.63, 3.8) is 0 Å². The van der Waals surface area contributed by atoms with Gasteiger partial charge in [0, 0.05) is 12.3 Å². The molecule has 6 atom stereocenters. The Labute approximate surface area is 190 Å². The predicted octanol–water partition coefficient (Wildman–Crippen LogP) is 7.66. The van der Waals surface area contributed by atoms with Gasteiger partial charge >= 0.3 is 0 Å². The molecule has 5 rings (SSSR count). The third-order valence-electron chi connectivity index (χ3n) is 9.61. The van der Waals surface area contributed by atoms with E-state index in [1.807, 2.05) is 0 Å². The third-order valence-corrected chi connectivity index (χ3v) is 10.2. The highest BCUT2D eigenvalue weighted by atomic mass is 79.9. The number of hydrogen-bond acceptors (Lipinski definition) is 1. The van der Waals surface area contributed by atoms with E-state index in [0.29, 0.717) is 17.6 Å². The van der Waals surface area contributed by atoms with Crippen molar-refractivity contribution >= 4 is 21.7 Å². The lowest BCUT2D eigenvalue weighted by Crippen LogP contribution is -2.49. The zero-order chi connectivity index (χ0) is 20.9. The molecule has 30 heavy (non-hydrogen) atoms. The largest absolute Gasteiger partial charge is 0.299 e. The quantitative estimate of drug-likeness (QED) is 0.444. The minimum absolute atomic E-state index is 0.224. The first-order valence-electron chi connectivity index (χ1n) is 12.1. The Morgan fingerprint density at radius 1 is 1.07 bits per heavy atom. The fourth-order valence-corrected chi connectivity index (χ4v) is 8.35. The van der Waals surface area contributed by atoms with E-state index in [0.717, 1.165) is 30.6 Å². The molecule has 0 saturated heterocycles. The van der Waals surface area contributed by atoms with Crippen LogP contribution in [0.2, 0.25) is 0 Å². The monoisotopic (exact) mass is 466 g/mol. The van der Waals surface area contributed by atoms with Crippen LogP contribution in [0.4, 0.5) is 0 Å². The van der Waals surface area contributed by atoms with Gasteiger partial charge in [-0.25, -0.2) is 0 Å². The number of fused-ring (bicyclic) bond motifs is 5. The molecule has 1 nitrogen and oxygen atoms in total. The van der Waals surface area contributed by atoms with E-state index < -0.39 is 0 Å². The van der Waals surface area contributed by atoms with Crippen molar-refractivity contribution in [3.05, 3.63) is 58.1 Å². The fraction of sp³-hybridized carbons (Fsp3) is 0.607. The molecule has 1 aromatic carbocycles. The van der Waals surface area contributed by atoms with Gasteiger partial charge in [0.25, 0.3) is 0 Å². The molecule has 0 aromatic heterocycles. The second-order valence-electron chi connectivity index (χ2n) is 10.9. The summed E-state index contributed by atoms with van der Waals surface area (Å²) in [7, 11) is 0. The van der Waals surface area contributed by atoms with Gasteiger partial charge < -0.3 is 0 Å². The number of ketones is 1. The van der Waals surface area contributed by atoms with Crippen molar-refractivity contribution in [1.29, 1.82) is 0 Å². The fourth-order valence-electron chi connectivity index (χ4n) is 7.91. The first-order valence-corrected chi connectivity index (χ1v) is 12.8. The van der Waals surface area contributed by atoms with Crippen molar-refractivity contribution in [2.45, 2.75) is 71.6 Å². The van der Waals surface area contributed by atoms with E-state index in [1.165, 1.54) is 48.6 Å². The number of hydrogen-bond donors (Lipinski definition) is 0. The predicted molar refractivity (Wildman–Crippen MR) is 127 cm³/mol. The molecular formula is C28H35BrO. The first-order chi connectivity index (χ1) is 14.4. The Kier molecular flexibility index (Phi) is 5.37. The van der Waals surface area contributed by atoms with E-state index in [9.17, 15) is 4.79 Å². The van der Waals surface area contributed by atoms with Crippen LogP contribution < -0.4 is 0 Å². The van der Waals surface area contributed by atoms with Gasteiger partial charge in [-0.05, 0) is 102 Å². The van der Waals surface area contributed by atoms with Gasteiger partial charge in [-0.3, -0.25) is 4.79 Å². The molecule has 0 N–H and O–H groups in total. The third kappa shape index (κ3) is 3.29. The summed E-state index contributed by atoms with van der Waals surface area (Å²) in [6.45, 7) is 5.01. The van der Waals surface area contributed by atoms with Crippen molar-refractivity contribution in [2.24, 2.45) is 34.5 Å². The lowest BCUT2D eigenvalue weighted by Gasteiger charge is -2.57. The van der Waals surface area contributed by atoms with E-state index in [-0.39, 0.29) is 11.3 Å². The Bertz CT molecular complexity index is 883. The highest BCUT2D eigenvalue weighted by Gasteiger charge is 2.59. The lowest BCUT2D eigenvalue weighted by molar-refractivity contribution is -0.129. The molecule has 4 aliphatic carbocycles. The molecule has 160 valence electrons. The number of benzene rings is 1. The Morgan fingerprint density at radius 3 is 2.67 bits per heavy atom. The van der Waals surface area contributed by atoms with E-state index in [2.05, 4.69) is 72.3 Å². The Hall–Kier alpha value is -1.15. The van der Waals surface area contributed by atoms with Crippen LogP contribution in [0.1, 0.15) is 70.8 Å². The van der Waals surface area contributed by atoms with E-state index >= 15 is 0 Å². The number of carbonyl (C=O) groups is 1. The highest BCUT2D eigenvalue weighted by molar-refractivity contribution is 9.11. The standard InChI is InChI=1S/C28H35BrO/c1-27-16-14-21(29)18-20(27)9-10-22-23-11-12-25(28(23,2)17-15-24(22)27)26(30)13-8-19-6-4-3-5-7-19/h3-7,9,18,22-25H,8,10-17H2,1-2H3/t22?,23?,24?,25-,27?,28?/m1/s1. The number of halogens is 1. The van der Waals surface area contributed by atoms with Gasteiger partial charge in [-0.15, -0.1) is 0 Å². The number of rotatable bonds is 4. The summed E-state index contributed by atoms with van der Waals surface area (Å²) >= 11 is 3.75. The van der Waals surface area contributed by atoms with Crippen LogP contribution in [0.15, 0.2) is 52.5 Å². The smallest absolute Gasteiger partial charge is 0.136 e. The summed E-state index contributed by atoms with van der Waals surface area (Å²) in [5, 5.41) is 0. The summed E-state index contributed by atoms with van der Waals surface area (Å²) < 4.78 is 1.37. The molecular weight excluding hydrogens is 432 g/mol. The molecule has 0 bridgehead atoms. The summed E-state index contributed by atoms with van der Waals surface area (Å²) in [4.78, 5) is 13.3. The van der Waals surface area contributed by atoms with E-state index in [1.54, 1.807) is 5.57 Å². The molecule has 0 radical (unpaired) electrons. The molecule has 0 heterocycles. The molecule has 0 spiro atoms. The highest BCUT2D eigenvalue weighted by Crippen LogP contribution is 2.66. The van der Waals surface area contributed by atoms with Crippen LogP contribution >= 0.6 is 15.9 Å². The van der Waals surface area contributed by atoms with Gasteiger partial charge in [0.1, 0.15) is 5.78 Å². The Balaban J connectivity index is 1.33. The molecule has 2 fully saturated rings. The van der Waals surface area contributed by atoms with Gasteiger partial charge in [0.05, 0.1) is 0 Å². The maximum Gasteiger partial charge on any atom is 0.136 e. The number of allylic oxidation sites excluding steroid dienone is 4. The summed E-state index contributed by atoms with van der Waals surface area (Å²) in [5.74, 6) is 3.11. The maximum atomic E-state index is 13.3. The van der Waals surface area contributed by atoms with Gasteiger partial charge in [0.15, 0.2) is 0 Å². The van der Waals surface area contributed by atoms with Crippen molar-refractivity contribution in [2.75, 3.05) is 0 Å². The zero-order valence-corrected chi connectivity index (χ0v) is 20.1. The van der Waals surface area contributed by atoms with Crippen molar-refractivity contribution < 1.29 is 4.79 Å². The molecule has 2 heteroatoms. The molecule has 1 aromatic rings. The summed E-state index contributed by atoms with van der Waals surface area (Å²) in [6.07, 6.45) is 15.2. The Morgan fingerprint density at radius 2 is 1.87 bits per heavy atom. The van der Waals surface area contributed by atoms with Crippen molar-refractivity contribution in [1.82, 2.24) is 0 Å². The molecule has 0 amide bonds. The van der Waals surface area contributed by atoms with Gasteiger partial charge in [0.2, 0.25) is 0 Å². The molecule has 0 aliphatic heterocycles. The SMILES string of the molecule is CC12CCC(Br)=CC1=CCC1C2CCC2(C)C1CC[C@@H]2C(=O)CCc1ccccc1. The van der Waals surface area contributed by atoms with Crippen LogP contribution in [0.5, 0.6) is 0 Å². The van der Waals surface area contributed by atoms with Crippen LogP contribution in [0.25, 0.3) is 0 Å². The molecule has 2 saturated carbocycles. The van der Waals surface area contributed by atoms with Crippen LogP contribution in [0, 0.1) is 34.5 Å². The van der Waals surface area contributed by atoms with Crippen LogP contribution in [0.3, 0.4) is 0 Å². The second-order valence-corrected chi connectivity index (χ2v) is 11.9. The van der Waals surface area contributed by atoms with Crippen molar-refractivity contribution in [3.8, 4) is 0 Å². The number of aryl methyl sites for hydroxylation is 1. The summed E-state index contributed by atoms with van der Waals surface area (Å²) in [5.41, 5.74) is 3.45. The van der Waals surface area contributed by atoms with E-state index in [4.69, 9.17) is 0 Å². The zero-order valence-electron chi connectivity index (χ0n) is 18.5. The lowest BCUT2D eigenvalue weighted by atomic mass is 9.48. The maximum absolute atomic E-state index is 13.3. The van der Waals surface area contributed by atoms with Crippen LogP contribution in [-0.2, 0) is 11.2 Å². The van der Waals surface area contributed by atoms with Crippen LogP contribution in [-0.4, -0.2) is 5.78 Å². The average Bonchev–Trinajstić information content (AvgIpc) is 3.10. The van der Waals surface area contributed by atoms with Gasteiger partial charge in [-0.1, -0.05) is 66.2 Å². The van der Waals surface area contributed by atoms with Gasteiger partial charge in [-0.2, -0.15) is 0 Å². The molecule has 4 aliphatic rings. The topological polar surface area (TPSA) is 17.1 Å². The first kappa shape index (κ1) is 20.7.